The van der Waals surface area contributed by atoms with Gasteiger partial charge in [-0.15, -0.1) is 0 Å². The van der Waals surface area contributed by atoms with Crippen molar-refractivity contribution in [2.45, 2.75) is 129 Å². The van der Waals surface area contributed by atoms with Crippen molar-refractivity contribution in [3.8, 4) is 24.1 Å². The molecular weight excluding hydrogens is 496 g/mol. The van der Waals surface area contributed by atoms with Crippen LogP contribution < -0.4 is 10.6 Å². The average Bonchev–Trinajstić information content (AvgIpc) is 3.62. The Balaban J connectivity index is 1.56. The van der Waals surface area contributed by atoms with Gasteiger partial charge in [0.25, 0.3) is 0 Å². The molecule has 2 aliphatic rings. The molecular formula is C34H58N4O2. The maximum Gasteiger partial charge on any atom is 0.144 e. The Morgan fingerprint density at radius 3 is 1.35 bits per heavy atom. The highest BCUT2D eigenvalue weighted by Crippen LogP contribution is 2.12. The second-order valence-electron chi connectivity index (χ2n) is 11.1. The topological polar surface area (TPSA) is 49.0 Å². The van der Waals surface area contributed by atoms with E-state index in [0.29, 0.717) is 0 Å². The molecule has 2 heterocycles. The van der Waals surface area contributed by atoms with Gasteiger partial charge in [0.2, 0.25) is 0 Å². The van der Waals surface area contributed by atoms with E-state index in [1.165, 1.54) is 103 Å². The third-order valence-corrected chi connectivity index (χ3v) is 7.61. The molecule has 0 aromatic carbocycles. The zero-order valence-electron chi connectivity index (χ0n) is 25.8. The van der Waals surface area contributed by atoms with E-state index in [9.17, 15) is 0 Å². The molecule has 2 fully saturated rings. The van der Waals surface area contributed by atoms with Crippen LogP contribution >= 0.6 is 0 Å². The van der Waals surface area contributed by atoms with Crippen molar-refractivity contribution < 1.29 is 9.47 Å². The standard InChI is InChI=1S/C34H58N4O2/c1-3-5-7-9-11-13-15-17-19-21-29-39-31-33-35-23-25-37(33)27-28-38-26-24-36-34(38)32-40-30-22-20-18-16-14-12-10-8-6-4-2/h31-32,35-36H,3-20,23-28H2,1-2H3. The lowest BCUT2D eigenvalue weighted by atomic mass is 10.1. The van der Waals surface area contributed by atoms with E-state index in [1.807, 2.05) is 0 Å². The van der Waals surface area contributed by atoms with Crippen molar-refractivity contribution in [1.82, 2.24) is 20.4 Å². The molecule has 226 valence electrons. The van der Waals surface area contributed by atoms with Crippen molar-refractivity contribution in [2.75, 3.05) is 39.3 Å². The van der Waals surface area contributed by atoms with Crippen molar-refractivity contribution in [3.63, 3.8) is 0 Å². The first-order valence-electron chi connectivity index (χ1n) is 16.5. The lowest BCUT2D eigenvalue weighted by molar-refractivity contribution is 0.292. The third-order valence-electron chi connectivity index (χ3n) is 7.61. The fourth-order valence-electron chi connectivity index (χ4n) is 5.09. The summed E-state index contributed by atoms with van der Waals surface area (Å²) in [6, 6.07) is 0. The van der Waals surface area contributed by atoms with Crippen LogP contribution in [0.3, 0.4) is 0 Å². The highest BCUT2D eigenvalue weighted by molar-refractivity contribution is 5.06. The van der Waals surface area contributed by atoms with E-state index in [1.54, 1.807) is 12.5 Å². The molecule has 40 heavy (non-hydrogen) atoms. The van der Waals surface area contributed by atoms with Crippen LogP contribution in [-0.4, -0.2) is 49.1 Å². The molecule has 0 saturated carbocycles. The molecule has 0 radical (unpaired) electrons. The van der Waals surface area contributed by atoms with Gasteiger partial charge in [-0.3, -0.25) is 0 Å². The zero-order chi connectivity index (χ0) is 28.4. The molecule has 0 spiro atoms. The quantitative estimate of drug-likeness (QED) is 0.0875. The van der Waals surface area contributed by atoms with Gasteiger partial charge < -0.3 is 29.9 Å². The largest absolute Gasteiger partial charge is 0.411 e. The molecule has 2 rings (SSSR count). The molecule has 0 aromatic heterocycles. The number of hydrogen-bond acceptors (Lipinski definition) is 6. The number of ether oxygens (including phenoxy) is 2. The van der Waals surface area contributed by atoms with Crippen LogP contribution in [0.1, 0.15) is 129 Å². The molecule has 0 bridgehead atoms. The molecule has 6 heteroatoms. The maximum atomic E-state index is 5.54. The van der Waals surface area contributed by atoms with Crippen LogP contribution in [0.4, 0.5) is 0 Å². The van der Waals surface area contributed by atoms with Crippen molar-refractivity contribution in [1.29, 1.82) is 0 Å². The number of unbranched alkanes of at least 4 members (excludes halogenated alkanes) is 16. The Morgan fingerprint density at radius 1 is 0.575 bits per heavy atom. The Morgan fingerprint density at radius 2 is 0.950 bits per heavy atom. The van der Waals surface area contributed by atoms with Gasteiger partial charge in [-0.25, -0.2) is 0 Å². The fraction of sp³-hybridized carbons (Fsp3) is 0.765. The summed E-state index contributed by atoms with van der Waals surface area (Å²) in [5.41, 5.74) is 0. The highest BCUT2D eigenvalue weighted by Gasteiger charge is 2.21. The van der Waals surface area contributed by atoms with E-state index in [2.05, 4.69) is 58.3 Å². The highest BCUT2D eigenvalue weighted by atomic mass is 16.5. The summed E-state index contributed by atoms with van der Waals surface area (Å²) >= 11 is 0. The Labute approximate surface area is 246 Å². The minimum Gasteiger partial charge on any atom is -0.411 e. The smallest absolute Gasteiger partial charge is 0.144 e. The Kier molecular flexibility index (Phi) is 20.3. The predicted molar refractivity (Wildman–Crippen MR) is 167 cm³/mol. The lowest BCUT2D eigenvalue weighted by Gasteiger charge is -2.24. The summed E-state index contributed by atoms with van der Waals surface area (Å²) in [7, 11) is 0. The predicted octanol–water partition coefficient (Wildman–Crippen LogP) is 7.41. The molecule has 0 amide bonds. The van der Waals surface area contributed by atoms with Gasteiger partial charge in [-0.2, -0.15) is 0 Å². The normalized spacial score (nSPS) is 16.4. The summed E-state index contributed by atoms with van der Waals surface area (Å²) in [6.45, 7) is 10.2. The van der Waals surface area contributed by atoms with Crippen LogP contribution in [0.25, 0.3) is 0 Å². The van der Waals surface area contributed by atoms with Gasteiger partial charge in [-0.1, -0.05) is 116 Å². The van der Waals surface area contributed by atoms with E-state index < -0.39 is 0 Å². The van der Waals surface area contributed by atoms with Crippen LogP contribution in [0, 0.1) is 24.1 Å². The van der Waals surface area contributed by atoms with Crippen LogP contribution in [-0.2, 0) is 9.47 Å². The number of nitrogens with zero attached hydrogens (tertiary/aromatic N) is 2. The third kappa shape index (κ3) is 16.5. The minimum atomic E-state index is 0.914. The van der Waals surface area contributed by atoms with Crippen molar-refractivity contribution in [2.24, 2.45) is 0 Å². The molecule has 6 nitrogen and oxygen atoms in total. The molecule has 0 aromatic rings. The molecule has 2 saturated heterocycles. The van der Waals surface area contributed by atoms with Gasteiger partial charge in [0, 0.05) is 52.1 Å². The first-order chi connectivity index (χ1) is 19.8. The SMILES string of the molecule is CCCCCCCCCCC#COC=C1NCCN1CCN1CCNC1=COC#CCCCCCCCCCC. The molecule has 0 aliphatic carbocycles. The van der Waals surface area contributed by atoms with Gasteiger partial charge in [0.1, 0.15) is 36.4 Å². The molecule has 2 aliphatic heterocycles. The van der Waals surface area contributed by atoms with Gasteiger partial charge >= 0.3 is 0 Å². The number of nitrogens with one attached hydrogen (secondary N) is 2. The summed E-state index contributed by atoms with van der Waals surface area (Å²) in [6.07, 6.45) is 32.3. The second-order valence-corrected chi connectivity index (χ2v) is 11.1. The lowest BCUT2D eigenvalue weighted by Crippen LogP contribution is -2.32. The Hall–Kier alpha value is -2.60. The summed E-state index contributed by atoms with van der Waals surface area (Å²) in [5, 5.41) is 6.83. The van der Waals surface area contributed by atoms with Crippen LogP contribution in [0.15, 0.2) is 24.2 Å². The first kappa shape index (κ1) is 33.6. The second kappa shape index (κ2) is 24.2. The monoisotopic (exact) mass is 554 g/mol. The zero-order valence-corrected chi connectivity index (χ0v) is 25.8. The maximum absolute atomic E-state index is 5.54. The van der Waals surface area contributed by atoms with Gasteiger partial charge in [-0.05, 0) is 12.8 Å². The van der Waals surface area contributed by atoms with Crippen LogP contribution in [0.5, 0.6) is 0 Å². The average molecular weight is 555 g/mol. The Bertz CT molecular complexity index is 749. The molecule has 0 unspecified atom stereocenters. The van der Waals surface area contributed by atoms with E-state index in [-0.39, 0.29) is 0 Å². The fourth-order valence-corrected chi connectivity index (χ4v) is 5.09. The van der Waals surface area contributed by atoms with Crippen molar-refractivity contribution in [3.05, 3.63) is 24.2 Å². The van der Waals surface area contributed by atoms with E-state index >= 15 is 0 Å². The van der Waals surface area contributed by atoms with Gasteiger partial charge in [0.05, 0.1) is 0 Å². The number of hydrogen-bond donors (Lipinski definition) is 2. The first-order valence-corrected chi connectivity index (χ1v) is 16.5. The van der Waals surface area contributed by atoms with Crippen molar-refractivity contribution >= 4 is 0 Å². The summed E-state index contributed by atoms with van der Waals surface area (Å²) in [5.74, 6) is 8.34. The van der Waals surface area contributed by atoms with E-state index in [4.69, 9.17) is 9.47 Å². The summed E-state index contributed by atoms with van der Waals surface area (Å²) in [4.78, 5) is 4.64. The number of rotatable bonds is 21. The molecule has 0 atom stereocenters. The van der Waals surface area contributed by atoms with Crippen LogP contribution in [0.2, 0.25) is 0 Å². The van der Waals surface area contributed by atoms with Gasteiger partial charge in [0.15, 0.2) is 0 Å². The molecule has 2 N–H and O–H groups in total. The summed E-state index contributed by atoms with van der Waals surface area (Å²) < 4.78 is 11.1. The van der Waals surface area contributed by atoms with E-state index in [0.717, 1.165) is 63.8 Å². The minimum absolute atomic E-state index is 0.914.